The van der Waals surface area contributed by atoms with Crippen molar-refractivity contribution in [2.24, 2.45) is 10.9 Å². The van der Waals surface area contributed by atoms with Gasteiger partial charge in [-0.05, 0) is 55.5 Å². The van der Waals surface area contributed by atoms with E-state index in [-0.39, 0.29) is 6.04 Å². The Morgan fingerprint density at radius 1 is 0.963 bits per heavy atom. The molecule has 2 aromatic rings. The van der Waals surface area contributed by atoms with Gasteiger partial charge in [-0.15, -0.1) is 0 Å². The first kappa shape index (κ1) is 17.9. The summed E-state index contributed by atoms with van der Waals surface area (Å²) in [6.07, 6.45) is 2.27. The predicted molar refractivity (Wildman–Crippen MR) is 111 cm³/mol. The zero-order valence-electron chi connectivity index (χ0n) is 16.7. The van der Waals surface area contributed by atoms with Crippen molar-refractivity contribution in [1.82, 2.24) is 0 Å². The van der Waals surface area contributed by atoms with Crippen molar-refractivity contribution in [3.05, 3.63) is 53.1 Å². The summed E-state index contributed by atoms with van der Waals surface area (Å²) in [4.78, 5) is 7.52. The first-order valence-corrected chi connectivity index (χ1v) is 9.79. The highest BCUT2D eigenvalue weighted by Crippen LogP contribution is 2.35. The van der Waals surface area contributed by atoms with E-state index >= 15 is 0 Å². The molecule has 2 aliphatic rings. The number of methoxy groups -OCH3 is 2. The topological polar surface area (TPSA) is 34.1 Å². The maximum absolute atomic E-state index is 5.57. The van der Waals surface area contributed by atoms with Gasteiger partial charge in [-0.2, -0.15) is 0 Å². The second-order valence-corrected chi connectivity index (χ2v) is 7.65. The van der Waals surface area contributed by atoms with Crippen LogP contribution in [0.3, 0.4) is 0 Å². The molecule has 4 nitrogen and oxygen atoms in total. The first-order valence-electron chi connectivity index (χ1n) is 9.79. The van der Waals surface area contributed by atoms with Crippen LogP contribution in [0.15, 0.2) is 41.4 Å². The number of rotatable bonds is 4. The Morgan fingerprint density at radius 2 is 1.63 bits per heavy atom. The summed E-state index contributed by atoms with van der Waals surface area (Å²) in [7, 11) is 3.38. The van der Waals surface area contributed by atoms with E-state index in [1.165, 1.54) is 17.7 Å². The Hall–Kier alpha value is -2.49. The number of aliphatic imine (C=N–C) groups is 1. The van der Waals surface area contributed by atoms with Crippen LogP contribution >= 0.6 is 0 Å². The molecule has 4 heteroatoms. The van der Waals surface area contributed by atoms with Crippen LogP contribution < -0.4 is 14.4 Å². The Labute approximate surface area is 161 Å². The van der Waals surface area contributed by atoms with Crippen molar-refractivity contribution in [2.75, 3.05) is 32.2 Å². The zero-order chi connectivity index (χ0) is 19.0. The van der Waals surface area contributed by atoms with E-state index in [9.17, 15) is 0 Å². The molecule has 142 valence electrons. The number of anilines is 1. The van der Waals surface area contributed by atoms with Gasteiger partial charge in [0.1, 0.15) is 0 Å². The van der Waals surface area contributed by atoms with Gasteiger partial charge in [0, 0.05) is 29.9 Å². The zero-order valence-corrected chi connectivity index (χ0v) is 16.7. The number of fused-ring (bicyclic) bond motifs is 1. The van der Waals surface area contributed by atoms with Crippen molar-refractivity contribution in [2.45, 2.75) is 32.7 Å². The fourth-order valence-electron chi connectivity index (χ4n) is 3.86. The fraction of sp³-hybridized carbons (Fsp3) is 0.435. The molecule has 0 radical (unpaired) electrons. The minimum absolute atomic E-state index is 0.263. The molecule has 0 aromatic heterocycles. The van der Waals surface area contributed by atoms with Crippen molar-refractivity contribution in [3.8, 4) is 11.5 Å². The van der Waals surface area contributed by atoms with E-state index in [1.54, 1.807) is 14.2 Å². The molecular weight excluding hydrogens is 336 g/mol. The third kappa shape index (κ3) is 3.29. The van der Waals surface area contributed by atoms with Crippen LogP contribution in [-0.2, 0) is 6.42 Å². The van der Waals surface area contributed by atoms with Gasteiger partial charge in [-0.1, -0.05) is 19.1 Å². The van der Waals surface area contributed by atoms with Gasteiger partial charge in [0.25, 0.3) is 0 Å². The van der Waals surface area contributed by atoms with Gasteiger partial charge in [-0.25, -0.2) is 0 Å². The van der Waals surface area contributed by atoms with E-state index in [0.717, 1.165) is 47.8 Å². The Morgan fingerprint density at radius 3 is 2.22 bits per heavy atom. The molecule has 0 bridgehead atoms. The quantitative estimate of drug-likeness (QED) is 0.810. The van der Waals surface area contributed by atoms with Gasteiger partial charge in [-0.3, -0.25) is 4.99 Å². The van der Waals surface area contributed by atoms with Crippen molar-refractivity contribution in [3.63, 3.8) is 0 Å². The molecule has 2 aromatic carbocycles. The van der Waals surface area contributed by atoms with Crippen LogP contribution in [0.1, 0.15) is 37.0 Å². The van der Waals surface area contributed by atoms with Crippen molar-refractivity contribution in [1.29, 1.82) is 0 Å². The maximum atomic E-state index is 5.57. The largest absolute Gasteiger partial charge is 0.493 e. The minimum atomic E-state index is 0.263. The highest BCUT2D eigenvalue weighted by molar-refractivity contribution is 6.14. The molecule has 0 spiro atoms. The SMILES string of the molecule is COc1cc2c(cc1OC)C(c1ccc(N3CCC3)cc1)=NC(C)C(C)C2. The van der Waals surface area contributed by atoms with Crippen LogP contribution in [0.25, 0.3) is 0 Å². The van der Waals surface area contributed by atoms with Crippen molar-refractivity contribution < 1.29 is 9.47 Å². The molecule has 2 atom stereocenters. The Bertz CT molecular complexity index is 853. The smallest absolute Gasteiger partial charge is 0.161 e. The summed E-state index contributed by atoms with van der Waals surface area (Å²) in [6, 6.07) is 13.3. The molecule has 0 N–H and O–H groups in total. The van der Waals surface area contributed by atoms with Gasteiger partial charge in [0.2, 0.25) is 0 Å². The number of nitrogens with zero attached hydrogens (tertiary/aromatic N) is 2. The van der Waals surface area contributed by atoms with Crippen LogP contribution in [0.4, 0.5) is 5.69 Å². The predicted octanol–water partition coefficient (Wildman–Crippen LogP) is 4.33. The average molecular weight is 364 g/mol. The molecular formula is C23H28N2O2. The highest BCUT2D eigenvalue weighted by atomic mass is 16.5. The lowest BCUT2D eigenvalue weighted by atomic mass is 9.91. The van der Waals surface area contributed by atoms with Gasteiger partial charge in [0.05, 0.1) is 26.0 Å². The Kier molecular flexibility index (Phi) is 4.81. The van der Waals surface area contributed by atoms with Gasteiger partial charge >= 0.3 is 0 Å². The molecule has 2 heterocycles. The fourth-order valence-corrected chi connectivity index (χ4v) is 3.86. The van der Waals surface area contributed by atoms with Crippen LogP contribution in [0, 0.1) is 5.92 Å². The standard InChI is InChI=1S/C23H28N2O2/c1-15-12-18-13-21(26-3)22(27-4)14-20(18)23(24-16(15)2)17-6-8-19(9-7-17)25-10-5-11-25/h6-9,13-16H,5,10-12H2,1-4H3. The molecule has 1 fully saturated rings. The number of ether oxygens (including phenoxy) is 2. The molecule has 0 amide bonds. The van der Waals surface area contributed by atoms with E-state index < -0.39 is 0 Å². The van der Waals surface area contributed by atoms with Crippen LogP contribution in [0.5, 0.6) is 11.5 Å². The summed E-state index contributed by atoms with van der Waals surface area (Å²) in [5, 5.41) is 0. The average Bonchev–Trinajstić information content (AvgIpc) is 2.76. The second-order valence-electron chi connectivity index (χ2n) is 7.65. The number of hydrogen-bond acceptors (Lipinski definition) is 4. The normalized spacial score (nSPS) is 21.6. The van der Waals surface area contributed by atoms with E-state index in [0.29, 0.717) is 5.92 Å². The van der Waals surface area contributed by atoms with Crippen LogP contribution in [-0.4, -0.2) is 39.1 Å². The number of hydrogen-bond donors (Lipinski definition) is 0. The maximum Gasteiger partial charge on any atom is 0.161 e. The molecule has 27 heavy (non-hydrogen) atoms. The summed E-state index contributed by atoms with van der Waals surface area (Å²) in [5.74, 6) is 2.01. The molecule has 0 aliphatic carbocycles. The van der Waals surface area contributed by atoms with Crippen LogP contribution in [0.2, 0.25) is 0 Å². The summed E-state index contributed by atoms with van der Waals surface area (Å²) < 4.78 is 11.1. The summed E-state index contributed by atoms with van der Waals surface area (Å²) in [5.41, 5.74) is 5.94. The van der Waals surface area contributed by atoms with Crippen molar-refractivity contribution >= 4 is 11.4 Å². The third-order valence-corrected chi connectivity index (χ3v) is 5.92. The van der Waals surface area contributed by atoms with E-state index in [2.05, 4.69) is 55.1 Å². The molecule has 0 saturated carbocycles. The molecule has 2 aliphatic heterocycles. The van der Waals surface area contributed by atoms with Gasteiger partial charge in [0.15, 0.2) is 11.5 Å². The summed E-state index contributed by atoms with van der Waals surface area (Å²) in [6.45, 7) is 6.80. The third-order valence-electron chi connectivity index (χ3n) is 5.92. The minimum Gasteiger partial charge on any atom is -0.493 e. The molecule has 1 saturated heterocycles. The lowest BCUT2D eigenvalue weighted by Gasteiger charge is -2.33. The highest BCUT2D eigenvalue weighted by Gasteiger charge is 2.25. The Balaban J connectivity index is 1.80. The monoisotopic (exact) mass is 364 g/mol. The number of benzene rings is 2. The lowest BCUT2D eigenvalue weighted by molar-refractivity contribution is 0.354. The first-order chi connectivity index (χ1) is 13.1. The summed E-state index contributed by atoms with van der Waals surface area (Å²) >= 11 is 0. The van der Waals surface area contributed by atoms with Gasteiger partial charge < -0.3 is 14.4 Å². The molecule has 2 unspecified atom stereocenters. The lowest BCUT2D eigenvalue weighted by Crippen LogP contribution is -2.36. The molecule has 4 rings (SSSR count). The van der Waals surface area contributed by atoms with E-state index in [1.807, 2.05) is 0 Å². The second kappa shape index (κ2) is 7.26. The van der Waals surface area contributed by atoms with E-state index in [4.69, 9.17) is 14.5 Å².